The number of aromatic amines is 1. The first kappa shape index (κ1) is 19.7. The Kier molecular flexibility index (Phi) is 5.21. The molecule has 1 aromatic carbocycles. The number of piperidine rings is 1. The van der Waals surface area contributed by atoms with Gasteiger partial charge >= 0.3 is 6.18 Å². The zero-order chi connectivity index (χ0) is 20.6. The van der Waals surface area contributed by atoms with Gasteiger partial charge in [0.2, 0.25) is 5.95 Å². The van der Waals surface area contributed by atoms with Gasteiger partial charge < -0.3 is 15.6 Å². The minimum atomic E-state index is -4.54. The SMILES string of the molecule is CC(C)[C@H]1CC[C@H](Nc2ncc(C(F)(F)F)c(-c3c[nH]c4ccccc34)n2)CN1. The van der Waals surface area contributed by atoms with E-state index in [4.69, 9.17) is 0 Å². The Bertz CT molecular complexity index is 987. The van der Waals surface area contributed by atoms with Gasteiger partial charge in [0.1, 0.15) is 5.56 Å². The van der Waals surface area contributed by atoms with E-state index >= 15 is 0 Å². The number of fused-ring (bicyclic) bond motifs is 1. The van der Waals surface area contributed by atoms with Gasteiger partial charge in [-0.2, -0.15) is 13.2 Å². The molecule has 0 amide bonds. The minimum absolute atomic E-state index is 0.0811. The first-order chi connectivity index (χ1) is 13.8. The molecule has 29 heavy (non-hydrogen) atoms. The van der Waals surface area contributed by atoms with Crippen LogP contribution in [0.25, 0.3) is 22.2 Å². The Labute approximate surface area is 167 Å². The fourth-order valence-electron chi connectivity index (χ4n) is 3.88. The summed E-state index contributed by atoms with van der Waals surface area (Å²) in [6.07, 6.45) is -0.169. The van der Waals surface area contributed by atoms with Crippen LogP contribution < -0.4 is 10.6 Å². The maximum Gasteiger partial charge on any atom is 0.419 e. The number of alkyl halides is 3. The number of halogens is 3. The monoisotopic (exact) mass is 403 g/mol. The van der Waals surface area contributed by atoms with Crippen LogP contribution >= 0.6 is 0 Å². The van der Waals surface area contributed by atoms with E-state index < -0.39 is 11.7 Å². The molecule has 0 bridgehead atoms. The van der Waals surface area contributed by atoms with Crippen LogP contribution in [0.3, 0.4) is 0 Å². The maximum atomic E-state index is 13.6. The molecule has 0 spiro atoms. The molecule has 2 aromatic heterocycles. The Hall–Kier alpha value is -2.61. The van der Waals surface area contributed by atoms with Crippen molar-refractivity contribution in [3.63, 3.8) is 0 Å². The summed E-state index contributed by atoms with van der Waals surface area (Å²) in [5.41, 5.74) is 0.227. The van der Waals surface area contributed by atoms with Crippen LogP contribution in [0.5, 0.6) is 0 Å². The van der Waals surface area contributed by atoms with Crippen molar-refractivity contribution < 1.29 is 13.2 Å². The van der Waals surface area contributed by atoms with Crippen LogP contribution in [-0.2, 0) is 6.18 Å². The number of anilines is 1. The van der Waals surface area contributed by atoms with E-state index in [9.17, 15) is 13.2 Å². The normalized spacial score (nSPS) is 20.3. The molecule has 4 rings (SSSR count). The van der Waals surface area contributed by atoms with E-state index in [1.165, 1.54) is 0 Å². The summed E-state index contributed by atoms with van der Waals surface area (Å²) in [6, 6.07) is 7.78. The smallest absolute Gasteiger partial charge is 0.360 e. The fourth-order valence-corrected chi connectivity index (χ4v) is 3.88. The van der Waals surface area contributed by atoms with Crippen molar-refractivity contribution in [2.45, 2.75) is 44.9 Å². The highest BCUT2D eigenvalue weighted by atomic mass is 19.4. The highest BCUT2D eigenvalue weighted by Gasteiger charge is 2.36. The third-order valence-electron chi connectivity index (χ3n) is 5.53. The van der Waals surface area contributed by atoms with Crippen molar-refractivity contribution in [3.05, 3.63) is 42.2 Å². The molecule has 0 radical (unpaired) electrons. The summed E-state index contributed by atoms with van der Waals surface area (Å²) in [6.45, 7) is 5.09. The van der Waals surface area contributed by atoms with E-state index in [-0.39, 0.29) is 17.7 Å². The van der Waals surface area contributed by atoms with Gasteiger partial charge in [-0.15, -0.1) is 0 Å². The predicted octanol–water partition coefficient (Wildman–Crippen LogP) is 4.83. The van der Waals surface area contributed by atoms with Gasteiger partial charge in [0, 0.05) is 47.5 Å². The van der Waals surface area contributed by atoms with Crippen LogP contribution in [-0.4, -0.2) is 33.6 Å². The van der Waals surface area contributed by atoms with Gasteiger partial charge in [0.15, 0.2) is 0 Å². The molecular weight excluding hydrogens is 379 g/mol. The van der Waals surface area contributed by atoms with Crippen molar-refractivity contribution in [1.82, 2.24) is 20.3 Å². The fraction of sp³-hybridized carbons (Fsp3) is 0.429. The Morgan fingerprint density at radius 3 is 2.66 bits per heavy atom. The van der Waals surface area contributed by atoms with Gasteiger partial charge in [-0.1, -0.05) is 32.0 Å². The van der Waals surface area contributed by atoms with Crippen LogP contribution in [0.4, 0.5) is 19.1 Å². The summed E-state index contributed by atoms with van der Waals surface area (Å²) < 4.78 is 40.9. The molecule has 5 nitrogen and oxygen atoms in total. The molecule has 2 atom stereocenters. The zero-order valence-electron chi connectivity index (χ0n) is 16.3. The van der Waals surface area contributed by atoms with Gasteiger partial charge in [-0.05, 0) is 24.8 Å². The lowest BCUT2D eigenvalue weighted by Crippen LogP contribution is -2.47. The van der Waals surface area contributed by atoms with Crippen molar-refractivity contribution in [2.75, 3.05) is 11.9 Å². The second-order valence-electron chi connectivity index (χ2n) is 7.88. The average Bonchev–Trinajstić information content (AvgIpc) is 3.11. The molecule has 0 saturated carbocycles. The number of hydrogen-bond donors (Lipinski definition) is 3. The first-order valence-corrected chi connectivity index (χ1v) is 9.83. The largest absolute Gasteiger partial charge is 0.419 e. The van der Waals surface area contributed by atoms with Crippen LogP contribution in [0.2, 0.25) is 0 Å². The van der Waals surface area contributed by atoms with Crippen molar-refractivity contribution >= 4 is 16.9 Å². The van der Waals surface area contributed by atoms with E-state index in [1.807, 2.05) is 12.1 Å². The van der Waals surface area contributed by atoms with Crippen molar-refractivity contribution in [3.8, 4) is 11.3 Å². The molecule has 0 aliphatic carbocycles. The molecule has 154 valence electrons. The van der Waals surface area contributed by atoms with Crippen LogP contribution in [0.15, 0.2) is 36.7 Å². The third kappa shape index (κ3) is 4.07. The average molecular weight is 403 g/mol. The lowest BCUT2D eigenvalue weighted by molar-refractivity contribution is -0.137. The Balaban J connectivity index is 1.65. The molecule has 8 heteroatoms. The molecule has 1 aliphatic rings. The van der Waals surface area contributed by atoms with Gasteiger partial charge in [-0.3, -0.25) is 0 Å². The zero-order valence-corrected chi connectivity index (χ0v) is 16.3. The summed E-state index contributed by atoms with van der Waals surface area (Å²) in [5, 5.41) is 7.39. The highest BCUT2D eigenvalue weighted by molar-refractivity contribution is 5.95. The molecular formula is C21H24F3N5. The second kappa shape index (κ2) is 7.67. The lowest BCUT2D eigenvalue weighted by Gasteiger charge is -2.32. The molecule has 1 saturated heterocycles. The summed E-state index contributed by atoms with van der Waals surface area (Å²) in [4.78, 5) is 11.3. The predicted molar refractivity (Wildman–Crippen MR) is 108 cm³/mol. The van der Waals surface area contributed by atoms with Crippen LogP contribution in [0.1, 0.15) is 32.3 Å². The van der Waals surface area contributed by atoms with E-state index in [0.717, 1.165) is 31.1 Å². The number of H-pyrrole nitrogens is 1. The molecule has 1 fully saturated rings. The number of aromatic nitrogens is 3. The lowest BCUT2D eigenvalue weighted by atomic mass is 9.93. The topological polar surface area (TPSA) is 65.6 Å². The standard InChI is InChI=1S/C21H24F3N5/c1-12(2)17-8-7-13(9-25-17)28-20-27-11-16(21(22,23)24)19(29-20)15-10-26-18-6-4-3-5-14(15)18/h3-6,10-13,17,25-26H,7-9H2,1-2H3,(H,27,28,29)/t13-,17+/m0/s1. The molecule has 3 heterocycles. The van der Waals surface area contributed by atoms with E-state index in [0.29, 0.717) is 22.9 Å². The highest BCUT2D eigenvalue weighted by Crippen LogP contribution is 2.38. The Morgan fingerprint density at radius 2 is 1.97 bits per heavy atom. The third-order valence-corrected chi connectivity index (χ3v) is 5.53. The number of nitrogens with one attached hydrogen (secondary N) is 3. The number of hydrogen-bond acceptors (Lipinski definition) is 4. The van der Waals surface area contributed by atoms with E-state index in [2.05, 4.69) is 39.4 Å². The van der Waals surface area contributed by atoms with E-state index in [1.54, 1.807) is 18.3 Å². The quantitative estimate of drug-likeness (QED) is 0.584. The number of para-hydroxylation sites is 1. The van der Waals surface area contributed by atoms with Crippen molar-refractivity contribution in [2.24, 2.45) is 5.92 Å². The van der Waals surface area contributed by atoms with Gasteiger partial charge in [-0.25, -0.2) is 9.97 Å². The second-order valence-corrected chi connectivity index (χ2v) is 7.88. The Morgan fingerprint density at radius 1 is 1.17 bits per heavy atom. The maximum absolute atomic E-state index is 13.6. The van der Waals surface area contributed by atoms with Crippen molar-refractivity contribution in [1.29, 1.82) is 0 Å². The van der Waals surface area contributed by atoms with Crippen LogP contribution in [0, 0.1) is 5.92 Å². The number of nitrogens with zero attached hydrogens (tertiary/aromatic N) is 2. The summed E-state index contributed by atoms with van der Waals surface area (Å²) in [5.74, 6) is 0.764. The molecule has 1 aliphatic heterocycles. The minimum Gasteiger partial charge on any atom is -0.360 e. The first-order valence-electron chi connectivity index (χ1n) is 9.83. The number of benzene rings is 1. The number of rotatable bonds is 4. The summed E-state index contributed by atoms with van der Waals surface area (Å²) >= 11 is 0. The molecule has 3 N–H and O–H groups in total. The molecule has 0 unspecified atom stereocenters. The van der Waals surface area contributed by atoms with Gasteiger partial charge in [0.25, 0.3) is 0 Å². The van der Waals surface area contributed by atoms with Gasteiger partial charge in [0.05, 0.1) is 5.69 Å². The molecule has 3 aromatic rings. The summed E-state index contributed by atoms with van der Waals surface area (Å²) in [7, 11) is 0.